The topological polar surface area (TPSA) is 85.2 Å². The van der Waals surface area contributed by atoms with E-state index in [0.717, 1.165) is 24.3 Å². The minimum absolute atomic E-state index is 0.129. The highest BCUT2D eigenvalue weighted by molar-refractivity contribution is 5.96. The first kappa shape index (κ1) is 16.0. The Morgan fingerprint density at radius 1 is 1.29 bits per heavy atom. The maximum Gasteiger partial charge on any atom is 0.272 e. The van der Waals surface area contributed by atoms with E-state index >= 15 is 0 Å². The van der Waals surface area contributed by atoms with E-state index in [1.165, 1.54) is 0 Å². The summed E-state index contributed by atoms with van der Waals surface area (Å²) < 4.78 is 6.73. The second-order valence-corrected chi connectivity index (χ2v) is 5.66. The van der Waals surface area contributed by atoms with E-state index < -0.39 is 6.04 Å². The summed E-state index contributed by atoms with van der Waals surface area (Å²) in [6.45, 7) is 0.664. The van der Waals surface area contributed by atoms with Crippen LogP contribution in [0.2, 0.25) is 0 Å². The van der Waals surface area contributed by atoms with Crippen molar-refractivity contribution in [2.75, 3.05) is 13.7 Å². The first-order valence-electron chi connectivity index (χ1n) is 7.96. The Labute approximate surface area is 140 Å². The molecule has 2 N–H and O–H groups in total. The highest BCUT2D eigenvalue weighted by Gasteiger charge is 2.23. The number of ether oxygens (including phenoxy) is 1. The monoisotopic (exact) mass is 328 g/mol. The Bertz CT molecular complexity index is 724. The smallest absolute Gasteiger partial charge is 0.272 e. The van der Waals surface area contributed by atoms with Crippen molar-refractivity contribution in [1.82, 2.24) is 20.4 Å². The van der Waals surface area contributed by atoms with Crippen molar-refractivity contribution in [3.8, 4) is 11.4 Å². The van der Waals surface area contributed by atoms with Gasteiger partial charge in [-0.1, -0.05) is 0 Å². The van der Waals surface area contributed by atoms with E-state index in [0.29, 0.717) is 13.0 Å². The number of carbonyl (C=O) groups excluding carboxylic acids is 2. The van der Waals surface area contributed by atoms with Gasteiger partial charge in [0.05, 0.1) is 12.8 Å². The molecule has 2 heterocycles. The number of hydrogen-bond donors (Lipinski definition) is 2. The molecule has 126 valence electrons. The molecule has 24 heavy (non-hydrogen) atoms. The van der Waals surface area contributed by atoms with Gasteiger partial charge in [-0.3, -0.25) is 9.59 Å². The fraction of sp³-hybridized carbons (Fsp3) is 0.353. The average molecular weight is 328 g/mol. The summed E-state index contributed by atoms with van der Waals surface area (Å²) in [5.74, 6) is 0.281. The van der Waals surface area contributed by atoms with E-state index in [9.17, 15) is 9.59 Å². The number of hydrogen-bond acceptors (Lipinski definition) is 4. The molecule has 1 aromatic carbocycles. The predicted octanol–water partition coefficient (Wildman–Crippen LogP) is 1.28. The fourth-order valence-corrected chi connectivity index (χ4v) is 2.63. The first-order chi connectivity index (χ1) is 11.7. The molecule has 1 aliphatic rings. The van der Waals surface area contributed by atoms with Gasteiger partial charge in [0.2, 0.25) is 5.91 Å². The fourth-order valence-electron chi connectivity index (χ4n) is 2.63. The van der Waals surface area contributed by atoms with Crippen molar-refractivity contribution in [1.29, 1.82) is 0 Å². The number of methoxy groups -OCH3 is 1. The Balaban J connectivity index is 1.69. The summed E-state index contributed by atoms with van der Waals surface area (Å²) in [7, 11) is 1.61. The number of nitrogens with zero attached hydrogens (tertiary/aromatic N) is 2. The van der Waals surface area contributed by atoms with Gasteiger partial charge in [-0.25, -0.2) is 4.68 Å². The third-order valence-electron chi connectivity index (χ3n) is 4.00. The maximum absolute atomic E-state index is 12.3. The summed E-state index contributed by atoms with van der Waals surface area (Å²) >= 11 is 0. The van der Waals surface area contributed by atoms with Crippen LogP contribution in [-0.2, 0) is 4.79 Å². The lowest BCUT2D eigenvalue weighted by Crippen LogP contribution is -2.45. The van der Waals surface area contributed by atoms with Crippen LogP contribution in [0.5, 0.6) is 5.75 Å². The molecule has 0 unspecified atom stereocenters. The van der Waals surface area contributed by atoms with E-state index in [-0.39, 0.29) is 17.5 Å². The number of amides is 2. The zero-order chi connectivity index (χ0) is 16.9. The van der Waals surface area contributed by atoms with Crippen LogP contribution >= 0.6 is 0 Å². The molecule has 1 saturated heterocycles. The van der Waals surface area contributed by atoms with Crippen LogP contribution in [0, 0.1) is 0 Å². The Hall–Kier alpha value is -2.83. The van der Waals surface area contributed by atoms with Gasteiger partial charge in [0.1, 0.15) is 11.8 Å². The van der Waals surface area contributed by atoms with Crippen LogP contribution in [0.15, 0.2) is 36.5 Å². The second kappa shape index (κ2) is 7.16. The zero-order valence-electron chi connectivity index (χ0n) is 13.5. The summed E-state index contributed by atoms with van der Waals surface area (Å²) in [6.07, 6.45) is 4.20. The van der Waals surface area contributed by atoms with E-state index in [1.54, 1.807) is 24.1 Å². The van der Waals surface area contributed by atoms with Crippen molar-refractivity contribution in [3.05, 3.63) is 42.2 Å². The molecule has 7 heteroatoms. The van der Waals surface area contributed by atoms with Crippen LogP contribution < -0.4 is 15.4 Å². The van der Waals surface area contributed by atoms with E-state index in [4.69, 9.17) is 4.74 Å². The van der Waals surface area contributed by atoms with Crippen LogP contribution in [-0.4, -0.2) is 41.3 Å². The minimum atomic E-state index is -0.494. The molecule has 0 radical (unpaired) electrons. The van der Waals surface area contributed by atoms with Crippen molar-refractivity contribution < 1.29 is 14.3 Å². The standard InChI is InChI=1S/C17H20N4O3/c1-24-13-7-5-12(6-8-13)21-11-9-15(20-21)17(23)19-14-4-2-3-10-18-16(14)22/h5-9,11,14H,2-4,10H2,1H3,(H,18,22)(H,19,23)/t14-/m1/s1. The zero-order valence-corrected chi connectivity index (χ0v) is 13.5. The number of benzene rings is 1. The molecule has 0 bridgehead atoms. The molecule has 2 aromatic rings. The summed E-state index contributed by atoms with van der Waals surface area (Å²) in [5.41, 5.74) is 1.10. The van der Waals surface area contributed by atoms with Crippen LogP contribution in [0.4, 0.5) is 0 Å². The molecular formula is C17H20N4O3. The Morgan fingerprint density at radius 3 is 2.83 bits per heavy atom. The van der Waals surface area contributed by atoms with Gasteiger partial charge in [-0.15, -0.1) is 0 Å². The molecule has 0 spiro atoms. The van der Waals surface area contributed by atoms with E-state index in [1.807, 2.05) is 24.3 Å². The SMILES string of the molecule is COc1ccc(-n2ccc(C(=O)N[C@@H]3CCCCNC3=O)n2)cc1. The van der Waals surface area contributed by atoms with Gasteiger partial charge in [-0.2, -0.15) is 5.10 Å². The normalized spacial score (nSPS) is 17.7. The van der Waals surface area contributed by atoms with Gasteiger partial charge >= 0.3 is 0 Å². The second-order valence-electron chi connectivity index (χ2n) is 5.66. The number of aromatic nitrogens is 2. The van der Waals surface area contributed by atoms with Crippen molar-refractivity contribution >= 4 is 11.8 Å². The van der Waals surface area contributed by atoms with Crippen LogP contribution in [0.1, 0.15) is 29.8 Å². The van der Waals surface area contributed by atoms with E-state index in [2.05, 4.69) is 15.7 Å². The lowest BCUT2D eigenvalue weighted by molar-refractivity contribution is -0.122. The maximum atomic E-state index is 12.3. The molecule has 0 aliphatic carbocycles. The predicted molar refractivity (Wildman–Crippen MR) is 88.2 cm³/mol. The van der Waals surface area contributed by atoms with Gasteiger partial charge in [0.25, 0.3) is 5.91 Å². The average Bonchev–Trinajstić information content (AvgIpc) is 3.02. The number of carbonyl (C=O) groups is 2. The highest BCUT2D eigenvalue weighted by atomic mass is 16.5. The third kappa shape index (κ3) is 3.56. The molecular weight excluding hydrogens is 308 g/mol. The molecule has 0 saturated carbocycles. The summed E-state index contributed by atoms with van der Waals surface area (Å²) in [5, 5.41) is 9.85. The molecule has 2 amide bonds. The minimum Gasteiger partial charge on any atom is -0.497 e. The van der Waals surface area contributed by atoms with Crippen molar-refractivity contribution in [3.63, 3.8) is 0 Å². The molecule has 3 rings (SSSR count). The van der Waals surface area contributed by atoms with Gasteiger partial charge in [-0.05, 0) is 49.6 Å². The molecule has 1 fully saturated rings. The summed E-state index contributed by atoms with van der Waals surface area (Å²) in [4.78, 5) is 24.2. The van der Waals surface area contributed by atoms with Crippen LogP contribution in [0.25, 0.3) is 5.69 Å². The number of nitrogens with one attached hydrogen (secondary N) is 2. The highest BCUT2D eigenvalue weighted by Crippen LogP contribution is 2.14. The van der Waals surface area contributed by atoms with Gasteiger partial charge in [0.15, 0.2) is 5.69 Å². The van der Waals surface area contributed by atoms with Crippen molar-refractivity contribution in [2.24, 2.45) is 0 Å². The third-order valence-corrected chi connectivity index (χ3v) is 4.00. The first-order valence-corrected chi connectivity index (χ1v) is 7.96. The lowest BCUT2D eigenvalue weighted by Gasteiger charge is -2.14. The molecule has 1 aromatic heterocycles. The Kier molecular flexibility index (Phi) is 4.79. The van der Waals surface area contributed by atoms with Gasteiger partial charge in [0, 0.05) is 12.7 Å². The van der Waals surface area contributed by atoms with Crippen molar-refractivity contribution in [2.45, 2.75) is 25.3 Å². The molecule has 7 nitrogen and oxygen atoms in total. The molecule has 1 atom stereocenters. The quantitative estimate of drug-likeness (QED) is 0.885. The number of rotatable bonds is 4. The largest absolute Gasteiger partial charge is 0.497 e. The molecule has 1 aliphatic heterocycles. The van der Waals surface area contributed by atoms with Gasteiger partial charge < -0.3 is 15.4 Å². The lowest BCUT2D eigenvalue weighted by atomic mass is 10.1. The van der Waals surface area contributed by atoms with Crippen LogP contribution in [0.3, 0.4) is 0 Å². The Morgan fingerprint density at radius 2 is 2.08 bits per heavy atom. The summed E-state index contributed by atoms with van der Waals surface area (Å²) in [6, 6.07) is 8.50.